The Morgan fingerprint density at radius 1 is 1.14 bits per heavy atom. The van der Waals surface area contributed by atoms with Crippen LogP contribution in [0.1, 0.15) is 44.6 Å². The van der Waals surface area contributed by atoms with E-state index in [0.717, 1.165) is 61.9 Å². The van der Waals surface area contributed by atoms with E-state index < -0.39 is 0 Å². The molecule has 8 nitrogen and oxygen atoms in total. The summed E-state index contributed by atoms with van der Waals surface area (Å²) in [7, 11) is 0. The lowest BCUT2D eigenvalue weighted by atomic mass is 9.53. The first-order valence-electron chi connectivity index (χ1n) is 10.3. The van der Waals surface area contributed by atoms with Crippen molar-refractivity contribution in [1.29, 1.82) is 0 Å². The van der Waals surface area contributed by atoms with Gasteiger partial charge in [-0.15, -0.1) is 5.10 Å². The molecule has 1 spiro atoms. The number of anilines is 3. The van der Waals surface area contributed by atoms with Crippen molar-refractivity contribution in [3.05, 3.63) is 30.9 Å². The summed E-state index contributed by atoms with van der Waals surface area (Å²) in [5, 5.41) is 17.7. The Labute approximate surface area is 163 Å². The van der Waals surface area contributed by atoms with Gasteiger partial charge >= 0.3 is 0 Å². The molecular formula is C20H25N7O. The molecule has 2 saturated carbocycles. The molecule has 6 rings (SSSR count). The highest BCUT2D eigenvalue weighted by Crippen LogP contribution is 2.60. The number of imidazole rings is 1. The third kappa shape index (κ3) is 2.58. The molecule has 1 saturated heterocycles. The van der Waals surface area contributed by atoms with Crippen LogP contribution >= 0.6 is 0 Å². The van der Waals surface area contributed by atoms with Crippen LogP contribution in [0.15, 0.2) is 30.9 Å². The maximum Gasteiger partial charge on any atom is 0.245 e. The molecule has 2 aliphatic carbocycles. The Morgan fingerprint density at radius 2 is 1.96 bits per heavy atom. The normalized spacial score (nSPS) is 29.2. The quantitative estimate of drug-likeness (QED) is 0.725. The van der Waals surface area contributed by atoms with Crippen LogP contribution in [-0.2, 0) is 0 Å². The fourth-order valence-corrected chi connectivity index (χ4v) is 5.21. The summed E-state index contributed by atoms with van der Waals surface area (Å²) in [6.07, 6.45) is 12.5. The molecule has 0 aromatic carbocycles. The van der Waals surface area contributed by atoms with E-state index in [0.29, 0.717) is 11.5 Å². The van der Waals surface area contributed by atoms with E-state index in [9.17, 15) is 5.11 Å². The Kier molecular flexibility index (Phi) is 3.47. The van der Waals surface area contributed by atoms with Gasteiger partial charge in [-0.1, -0.05) is 0 Å². The van der Waals surface area contributed by atoms with Crippen molar-refractivity contribution in [2.24, 2.45) is 5.41 Å². The minimum Gasteiger partial charge on any atom is -0.393 e. The standard InChI is InChI=1S/C20H25N7O/c28-15-10-20(11-15)8-14(9-20)26-12-17(21-13-26)22-18-16-4-3-7-27(16)24-19(23-18)25-5-1-2-6-25/h3-4,7,12-15,28H,1-2,5-6,8-11H2,(H,22,23,24). The Morgan fingerprint density at radius 3 is 2.75 bits per heavy atom. The second-order valence-corrected chi connectivity index (χ2v) is 8.75. The van der Waals surface area contributed by atoms with Crippen LogP contribution in [0.4, 0.5) is 17.6 Å². The molecule has 146 valence electrons. The molecule has 0 atom stereocenters. The second kappa shape index (κ2) is 5.94. The van der Waals surface area contributed by atoms with Crippen molar-refractivity contribution in [2.45, 2.75) is 50.7 Å². The Bertz CT molecular complexity index is 1000. The van der Waals surface area contributed by atoms with Crippen molar-refractivity contribution in [1.82, 2.24) is 24.1 Å². The molecule has 0 amide bonds. The average Bonchev–Trinajstić information content (AvgIpc) is 3.37. The lowest BCUT2D eigenvalue weighted by Gasteiger charge is -2.56. The van der Waals surface area contributed by atoms with Gasteiger partial charge in [0, 0.05) is 31.5 Å². The average molecular weight is 379 g/mol. The van der Waals surface area contributed by atoms with E-state index >= 15 is 0 Å². The van der Waals surface area contributed by atoms with E-state index in [1.807, 2.05) is 29.2 Å². The SMILES string of the molecule is OC1CC2(C1)CC(n1cnc(Nc3nc(N4CCCC4)nn4cccc34)c1)C2. The number of nitrogens with zero attached hydrogens (tertiary/aromatic N) is 6. The Hall–Kier alpha value is -2.61. The largest absolute Gasteiger partial charge is 0.393 e. The molecule has 0 radical (unpaired) electrons. The monoisotopic (exact) mass is 379 g/mol. The number of hydrogen-bond donors (Lipinski definition) is 2. The second-order valence-electron chi connectivity index (χ2n) is 8.75. The minimum atomic E-state index is -0.0759. The fraction of sp³-hybridized carbons (Fsp3) is 0.550. The van der Waals surface area contributed by atoms with Crippen LogP contribution in [0.3, 0.4) is 0 Å². The van der Waals surface area contributed by atoms with Gasteiger partial charge in [-0.25, -0.2) is 9.50 Å². The molecule has 0 bridgehead atoms. The first kappa shape index (κ1) is 16.4. The van der Waals surface area contributed by atoms with Gasteiger partial charge in [-0.3, -0.25) is 0 Å². The van der Waals surface area contributed by atoms with E-state index in [4.69, 9.17) is 4.98 Å². The highest BCUT2D eigenvalue weighted by atomic mass is 16.3. The van der Waals surface area contributed by atoms with Gasteiger partial charge in [0.1, 0.15) is 11.3 Å². The van der Waals surface area contributed by atoms with Gasteiger partial charge in [0.15, 0.2) is 5.82 Å². The summed E-state index contributed by atoms with van der Waals surface area (Å²) in [5.74, 6) is 2.37. The van der Waals surface area contributed by atoms with Gasteiger partial charge < -0.3 is 19.9 Å². The van der Waals surface area contributed by atoms with Crippen molar-refractivity contribution in [3.8, 4) is 0 Å². The summed E-state index contributed by atoms with van der Waals surface area (Å²) >= 11 is 0. The van der Waals surface area contributed by atoms with E-state index in [1.165, 1.54) is 12.8 Å². The smallest absolute Gasteiger partial charge is 0.245 e. The fourth-order valence-electron chi connectivity index (χ4n) is 5.21. The summed E-state index contributed by atoms with van der Waals surface area (Å²) in [6, 6.07) is 4.50. The van der Waals surface area contributed by atoms with Gasteiger partial charge in [0.25, 0.3) is 0 Å². The molecule has 3 aromatic heterocycles. The first-order valence-corrected chi connectivity index (χ1v) is 10.3. The summed E-state index contributed by atoms with van der Waals surface area (Å²) in [5.41, 5.74) is 1.35. The van der Waals surface area contributed by atoms with Crippen LogP contribution < -0.4 is 10.2 Å². The number of rotatable bonds is 4. The van der Waals surface area contributed by atoms with Gasteiger partial charge in [-0.2, -0.15) is 4.98 Å². The third-order valence-electron chi connectivity index (χ3n) is 6.71. The van der Waals surface area contributed by atoms with Gasteiger partial charge in [-0.05, 0) is 56.1 Å². The third-order valence-corrected chi connectivity index (χ3v) is 6.71. The van der Waals surface area contributed by atoms with Crippen molar-refractivity contribution >= 4 is 23.1 Å². The number of nitrogens with one attached hydrogen (secondary N) is 1. The number of hydrogen-bond acceptors (Lipinski definition) is 6. The highest BCUT2D eigenvalue weighted by Gasteiger charge is 2.52. The summed E-state index contributed by atoms with van der Waals surface area (Å²) < 4.78 is 4.09. The predicted molar refractivity (Wildman–Crippen MR) is 106 cm³/mol. The molecule has 0 unspecified atom stereocenters. The first-order chi connectivity index (χ1) is 13.7. The van der Waals surface area contributed by atoms with E-state index in [2.05, 4.69) is 31.1 Å². The number of aliphatic hydroxyl groups is 1. The molecule has 8 heteroatoms. The summed E-state index contributed by atoms with van der Waals surface area (Å²) in [6.45, 7) is 2.03. The maximum absolute atomic E-state index is 9.60. The van der Waals surface area contributed by atoms with Crippen LogP contribution in [0.5, 0.6) is 0 Å². The van der Waals surface area contributed by atoms with Crippen LogP contribution in [0, 0.1) is 5.41 Å². The van der Waals surface area contributed by atoms with Gasteiger partial charge in [0.05, 0.1) is 12.4 Å². The number of aliphatic hydroxyl groups excluding tert-OH is 1. The topological polar surface area (TPSA) is 83.5 Å². The predicted octanol–water partition coefficient (Wildman–Crippen LogP) is 2.75. The molecule has 3 fully saturated rings. The number of aromatic nitrogens is 5. The zero-order chi connectivity index (χ0) is 18.7. The highest BCUT2D eigenvalue weighted by molar-refractivity contribution is 5.72. The van der Waals surface area contributed by atoms with Crippen LogP contribution in [0.2, 0.25) is 0 Å². The van der Waals surface area contributed by atoms with E-state index in [-0.39, 0.29) is 6.10 Å². The molecule has 1 aliphatic heterocycles. The van der Waals surface area contributed by atoms with Crippen LogP contribution in [-0.4, -0.2) is 48.4 Å². The maximum atomic E-state index is 9.60. The molecular weight excluding hydrogens is 354 g/mol. The lowest BCUT2D eigenvalue weighted by molar-refractivity contribution is -0.106. The Balaban J connectivity index is 1.23. The minimum absolute atomic E-state index is 0.0759. The molecule has 4 heterocycles. The van der Waals surface area contributed by atoms with Crippen molar-refractivity contribution in [3.63, 3.8) is 0 Å². The van der Waals surface area contributed by atoms with Crippen molar-refractivity contribution < 1.29 is 5.11 Å². The van der Waals surface area contributed by atoms with Crippen molar-refractivity contribution in [2.75, 3.05) is 23.3 Å². The summed E-state index contributed by atoms with van der Waals surface area (Å²) in [4.78, 5) is 11.6. The molecule has 2 N–H and O–H groups in total. The zero-order valence-corrected chi connectivity index (χ0v) is 15.8. The lowest BCUT2D eigenvalue weighted by Crippen LogP contribution is -2.50. The molecule has 28 heavy (non-hydrogen) atoms. The zero-order valence-electron chi connectivity index (χ0n) is 15.8. The number of fused-ring (bicyclic) bond motifs is 1. The van der Waals surface area contributed by atoms with E-state index in [1.54, 1.807) is 0 Å². The van der Waals surface area contributed by atoms with Crippen LogP contribution in [0.25, 0.3) is 5.52 Å². The van der Waals surface area contributed by atoms with Gasteiger partial charge in [0.2, 0.25) is 5.95 Å². The molecule has 3 aromatic rings. The molecule has 3 aliphatic rings.